The maximum absolute atomic E-state index is 12.4. The van der Waals surface area contributed by atoms with Gasteiger partial charge in [0.25, 0.3) is 0 Å². The molecule has 5 nitrogen and oxygen atoms in total. The molecule has 1 aliphatic carbocycles. The predicted octanol–water partition coefficient (Wildman–Crippen LogP) is 4.42. The van der Waals surface area contributed by atoms with Gasteiger partial charge < -0.3 is 15.6 Å². The Bertz CT molecular complexity index is 905. The van der Waals surface area contributed by atoms with Crippen LogP contribution in [0.1, 0.15) is 30.0 Å². The first-order valence-corrected chi connectivity index (χ1v) is 8.35. The Morgan fingerprint density at radius 2 is 2.25 bits per heavy atom. The van der Waals surface area contributed by atoms with Gasteiger partial charge in [-0.1, -0.05) is 11.6 Å². The standard InChI is InChI=1S/C18H17ClN4O/c19-15-8-12(9-17-14(15)5-7-21-17)22-18(24)23-16-3-1-2-11-10-20-6-4-13(11)16/h4-10,16,21H,1-3H2,(H2,22,23,24). The molecule has 1 aromatic carbocycles. The van der Waals surface area contributed by atoms with Crippen LogP contribution < -0.4 is 10.6 Å². The number of anilines is 1. The summed E-state index contributed by atoms with van der Waals surface area (Å²) in [5.74, 6) is 0. The quantitative estimate of drug-likeness (QED) is 0.646. The first kappa shape index (κ1) is 15.0. The van der Waals surface area contributed by atoms with Gasteiger partial charge in [0.2, 0.25) is 0 Å². The van der Waals surface area contributed by atoms with E-state index in [1.807, 2.05) is 30.6 Å². The monoisotopic (exact) mass is 340 g/mol. The smallest absolute Gasteiger partial charge is 0.319 e. The van der Waals surface area contributed by atoms with Crippen LogP contribution in [-0.4, -0.2) is 16.0 Å². The number of pyridine rings is 1. The van der Waals surface area contributed by atoms with Gasteiger partial charge in [0.15, 0.2) is 0 Å². The van der Waals surface area contributed by atoms with Crippen molar-refractivity contribution >= 4 is 34.2 Å². The molecule has 2 aromatic heterocycles. The van der Waals surface area contributed by atoms with E-state index >= 15 is 0 Å². The summed E-state index contributed by atoms with van der Waals surface area (Å²) in [6, 6.07) is 7.32. The summed E-state index contributed by atoms with van der Waals surface area (Å²) in [4.78, 5) is 19.7. The fourth-order valence-electron chi connectivity index (χ4n) is 3.31. The largest absolute Gasteiger partial charge is 0.361 e. The number of aryl methyl sites for hydroxylation is 1. The first-order valence-electron chi connectivity index (χ1n) is 7.97. The predicted molar refractivity (Wildman–Crippen MR) is 95.4 cm³/mol. The molecule has 6 heteroatoms. The molecule has 0 bridgehead atoms. The second-order valence-electron chi connectivity index (χ2n) is 6.01. The molecular weight excluding hydrogens is 324 g/mol. The third kappa shape index (κ3) is 2.83. The number of benzene rings is 1. The van der Waals surface area contributed by atoms with Crippen LogP contribution in [0.3, 0.4) is 0 Å². The zero-order valence-corrected chi connectivity index (χ0v) is 13.7. The average molecular weight is 341 g/mol. The van der Waals surface area contributed by atoms with Crippen molar-refractivity contribution in [3.05, 3.63) is 59.0 Å². The molecule has 0 radical (unpaired) electrons. The Hall–Kier alpha value is -2.53. The number of nitrogens with one attached hydrogen (secondary N) is 3. The third-order valence-corrected chi connectivity index (χ3v) is 4.75. The van der Waals surface area contributed by atoms with Crippen molar-refractivity contribution in [1.29, 1.82) is 0 Å². The van der Waals surface area contributed by atoms with Gasteiger partial charge in [-0.3, -0.25) is 4.98 Å². The number of H-pyrrole nitrogens is 1. The van der Waals surface area contributed by atoms with Gasteiger partial charge in [-0.05, 0) is 54.7 Å². The van der Waals surface area contributed by atoms with E-state index in [0.717, 1.165) is 35.7 Å². The number of rotatable bonds is 2. The SMILES string of the molecule is O=C(Nc1cc(Cl)c2cc[nH]c2c1)NC1CCCc2cnccc21. The van der Waals surface area contributed by atoms with Crippen molar-refractivity contribution in [2.75, 3.05) is 5.32 Å². The van der Waals surface area contributed by atoms with Gasteiger partial charge in [-0.15, -0.1) is 0 Å². The van der Waals surface area contributed by atoms with Gasteiger partial charge in [0.1, 0.15) is 0 Å². The molecule has 0 aliphatic heterocycles. The maximum Gasteiger partial charge on any atom is 0.319 e. The zero-order valence-electron chi connectivity index (χ0n) is 13.0. The van der Waals surface area contributed by atoms with E-state index in [1.165, 1.54) is 5.56 Å². The molecule has 1 unspecified atom stereocenters. The lowest BCUT2D eigenvalue weighted by Gasteiger charge is -2.26. The van der Waals surface area contributed by atoms with Gasteiger partial charge in [0, 0.05) is 35.2 Å². The summed E-state index contributed by atoms with van der Waals surface area (Å²) >= 11 is 6.25. The van der Waals surface area contributed by atoms with E-state index in [2.05, 4.69) is 20.6 Å². The van der Waals surface area contributed by atoms with Crippen LogP contribution in [0.2, 0.25) is 5.02 Å². The van der Waals surface area contributed by atoms with Crippen LogP contribution in [0.15, 0.2) is 42.9 Å². The van der Waals surface area contributed by atoms with Crippen molar-refractivity contribution in [2.24, 2.45) is 0 Å². The Balaban J connectivity index is 1.51. The van der Waals surface area contributed by atoms with Gasteiger partial charge in [-0.2, -0.15) is 0 Å². The number of amides is 2. The van der Waals surface area contributed by atoms with E-state index in [0.29, 0.717) is 10.7 Å². The van der Waals surface area contributed by atoms with E-state index < -0.39 is 0 Å². The summed E-state index contributed by atoms with van der Waals surface area (Å²) in [5, 5.41) is 7.48. The minimum absolute atomic E-state index is 0.0152. The first-order chi connectivity index (χ1) is 11.7. The summed E-state index contributed by atoms with van der Waals surface area (Å²) in [6.45, 7) is 0. The molecule has 24 heavy (non-hydrogen) atoms. The molecule has 3 N–H and O–H groups in total. The van der Waals surface area contributed by atoms with E-state index in [4.69, 9.17) is 11.6 Å². The van der Waals surface area contributed by atoms with Crippen molar-refractivity contribution in [3.63, 3.8) is 0 Å². The zero-order chi connectivity index (χ0) is 16.5. The Morgan fingerprint density at radius 1 is 1.33 bits per heavy atom. The summed E-state index contributed by atoms with van der Waals surface area (Å²) in [6.07, 6.45) is 8.48. The lowest BCUT2D eigenvalue weighted by molar-refractivity contribution is 0.247. The fraction of sp³-hybridized carbons (Fsp3) is 0.222. The van der Waals surface area contributed by atoms with Crippen molar-refractivity contribution in [2.45, 2.75) is 25.3 Å². The van der Waals surface area contributed by atoms with Crippen molar-refractivity contribution in [1.82, 2.24) is 15.3 Å². The number of hydrogen-bond donors (Lipinski definition) is 3. The Kier molecular flexibility index (Phi) is 3.86. The minimum atomic E-state index is -0.230. The molecule has 0 saturated carbocycles. The van der Waals surface area contributed by atoms with Crippen LogP contribution in [0, 0.1) is 0 Å². The summed E-state index contributed by atoms with van der Waals surface area (Å²) in [5.41, 5.74) is 3.93. The number of fused-ring (bicyclic) bond motifs is 2. The van der Waals surface area contributed by atoms with Crippen LogP contribution in [0.4, 0.5) is 10.5 Å². The number of carbonyl (C=O) groups excluding carboxylic acids is 1. The molecule has 2 amide bonds. The molecule has 1 aliphatic rings. The highest BCUT2D eigenvalue weighted by Gasteiger charge is 2.21. The fourth-order valence-corrected chi connectivity index (χ4v) is 3.59. The number of nitrogens with zero attached hydrogens (tertiary/aromatic N) is 1. The van der Waals surface area contributed by atoms with E-state index in [1.54, 1.807) is 12.3 Å². The summed E-state index contributed by atoms with van der Waals surface area (Å²) < 4.78 is 0. The van der Waals surface area contributed by atoms with Gasteiger partial charge >= 0.3 is 6.03 Å². The number of hydrogen-bond acceptors (Lipinski definition) is 2. The van der Waals surface area contributed by atoms with E-state index in [9.17, 15) is 4.79 Å². The molecule has 0 fully saturated rings. The number of halogens is 1. The number of aromatic nitrogens is 2. The molecule has 122 valence electrons. The molecule has 3 aromatic rings. The minimum Gasteiger partial charge on any atom is -0.361 e. The van der Waals surface area contributed by atoms with Gasteiger partial charge in [0.05, 0.1) is 11.1 Å². The molecule has 1 atom stereocenters. The molecule has 4 rings (SSSR count). The van der Waals surface area contributed by atoms with Crippen LogP contribution in [-0.2, 0) is 6.42 Å². The van der Waals surface area contributed by atoms with Crippen LogP contribution in [0.5, 0.6) is 0 Å². The second kappa shape index (κ2) is 6.17. The average Bonchev–Trinajstić information content (AvgIpc) is 3.04. The van der Waals surface area contributed by atoms with Crippen LogP contribution >= 0.6 is 11.6 Å². The lowest BCUT2D eigenvalue weighted by atomic mass is 9.89. The summed E-state index contributed by atoms with van der Waals surface area (Å²) in [7, 11) is 0. The number of aromatic amines is 1. The number of carbonyl (C=O) groups is 1. The number of urea groups is 1. The highest BCUT2D eigenvalue weighted by Crippen LogP contribution is 2.30. The topological polar surface area (TPSA) is 69.8 Å². The lowest BCUT2D eigenvalue weighted by Crippen LogP contribution is -2.34. The molecule has 0 spiro atoms. The second-order valence-corrected chi connectivity index (χ2v) is 6.42. The van der Waals surface area contributed by atoms with Crippen LogP contribution in [0.25, 0.3) is 10.9 Å². The maximum atomic E-state index is 12.4. The van der Waals surface area contributed by atoms with Crippen molar-refractivity contribution < 1.29 is 4.79 Å². The Morgan fingerprint density at radius 3 is 3.17 bits per heavy atom. The highest BCUT2D eigenvalue weighted by atomic mass is 35.5. The highest BCUT2D eigenvalue weighted by molar-refractivity contribution is 6.35. The normalized spacial score (nSPS) is 16.6. The Labute approximate surface area is 144 Å². The van der Waals surface area contributed by atoms with Gasteiger partial charge in [-0.25, -0.2) is 4.79 Å². The third-order valence-electron chi connectivity index (χ3n) is 4.44. The molecule has 0 saturated heterocycles. The molecule has 2 heterocycles. The van der Waals surface area contributed by atoms with E-state index in [-0.39, 0.29) is 12.1 Å². The molecular formula is C18H17ClN4O. The van der Waals surface area contributed by atoms with Crippen molar-refractivity contribution in [3.8, 4) is 0 Å².